The SMILES string of the molecule is C[C@H](CCC(=O)N[C@@H](CO)COS(=O)(=O)O)[C@H]1[C@@H](O)[C@H](O)C2C3CC(=O)[C@@]4(O)C[C@@H](O)CC[C@]4(C)C3CC[C@@]21C. The molecule has 12 nitrogen and oxygen atoms in total. The quantitative estimate of drug-likeness (QED) is 0.177. The second-order valence-electron chi connectivity index (χ2n) is 13.3. The van der Waals surface area contributed by atoms with E-state index in [0.29, 0.717) is 25.7 Å². The zero-order valence-corrected chi connectivity index (χ0v) is 24.2. The Morgan fingerprint density at radius 2 is 1.82 bits per heavy atom. The minimum absolute atomic E-state index is 0.0154. The third-order valence-corrected chi connectivity index (χ3v) is 11.6. The fourth-order valence-electron chi connectivity index (χ4n) is 9.28. The molecule has 4 aliphatic rings. The maximum Gasteiger partial charge on any atom is 0.397 e. The molecule has 230 valence electrons. The van der Waals surface area contributed by atoms with Crippen LogP contribution in [0.1, 0.15) is 72.1 Å². The number of carbonyl (C=O) groups excluding carboxylic acids is 2. The Balaban J connectivity index is 1.47. The second-order valence-corrected chi connectivity index (χ2v) is 14.4. The molecule has 1 amide bonds. The largest absolute Gasteiger partial charge is 0.397 e. The summed E-state index contributed by atoms with van der Waals surface area (Å²) >= 11 is 0. The molecular formula is C27H45NO11S. The molecule has 0 aromatic heterocycles. The van der Waals surface area contributed by atoms with Crippen LogP contribution in [0.2, 0.25) is 0 Å². The monoisotopic (exact) mass is 591 g/mol. The lowest BCUT2D eigenvalue weighted by atomic mass is 9.42. The Morgan fingerprint density at radius 1 is 1.15 bits per heavy atom. The van der Waals surface area contributed by atoms with Crippen molar-refractivity contribution in [1.82, 2.24) is 5.32 Å². The first-order valence-corrected chi connectivity index (χ1v) is 15.7. The van der Waals surface area contributed by atoms with E-state index < -0.39 is 70.3 Å². The molecule has 0 heterocycles. The maximum atomic E-state index is 13.4. The molecule has 3 unspecified atom stereocenters. The van der Waals surface area contributed by atoms with Crippen molar-refractivity contribution in [3.8, 4) is 0 Å². The van der Waals surface area contributed by atoms with Gasteiger partial charge in [0, 0.05) is 24.7 Å². The standard InChI is InChI=1S/C27H45NO11S/c1-14(4-5-20(32)28-15(12-29)13-39-40(36,37)38)21-23(33)24(34)22-17-10-19(31)27(35)11-16(30)6-9-26(27,3)18(17)7-8-25(21,22)2/h14-18,21-24,29-30,33-35H,4-13H2,1-3H3,(H,28,32)(H,36,37,38)/t14-,15+,16+,17?,18?,21+,22?,23-,24-,25-,26-,27+/m1/s1. The van der Waals surface area contributed by atoms with Gasteiger partial charge in [0.15, 0.2) is 5.78 Å². The van der Waals surface area contributed by atoms with Gasteiger partial charge in [-0.3, -0.25) is 14.1 Å². The molecule has 40 heavy (non-hydrogen) atoms. The van der Waals surface area contributed by atoms with Crippen molar-refractivity contribution in [2.45, 2.75) is 102 Å². The minimum Gasteiger partial charge on any atom is -0.394 e. The van der Waals surface area contributed by atoms with Crippen LogP contribution in [0.5, 0.6) is 0 Å². The van der Waals surface area contributed by atoms with E-state index in [0.717, 1.165) is 6.42 Å². The molecule has 4 aliphatic carbocycles. The highest BCUT2D eigenvalue weighted by molar-refractivity contribution is 7.80. The number of fused-ring (bicyclic) bond motifs is 5. The molecule has 4 fully saturated rings. The van der Waals surface area contributed by atoms with Crippen LogP contribution in [-0.2, 0) is 24.2 Å². The van der Waals surface area contributed by atoms with Gasteiger partial charge in [0.25, 0.3) is 0 Å². The summed E-state index contributed by atoms with van der Waals surface area (Å²) in [5.74, 6) is -1.93. The van der Waals surface area contributed by atoms with Gasteiger partial charge >= 0.3 is 10.4 Å². The molecule has 4 rings (SSSR count). The van der Waals surface area contributed by atoms with Crippen LogP contribution in [0, 0.1) is 40.4 Å². The molecule has 7 N–H and O–H groups in total. The first kappa shape index (κ1) is 31.7. The normalized spacial score (nSPS) is 44.7. The van der Waals surface area contributed by atoms with Crippen molar-refractivity contribution in [3.05, 3.63) is 0 Å². The number of aliphatic hydroxyl groups is 5. The molecule has 12 atom stereocenters. The van der Waals surface area contributed by atoms with Crippen molar-refractivity contribution in [1.29, 1.82) is 0 Å². The van der Waals surface area contributed by atoms with E-state index in [2.05, 4.69) is 9.50 Å². The van der Waals surface area contributed by atoms with Gasteiger partial charge < -0.3 is 30.8 Å². The smallest absolute Gasteiger partial charge is 0.394 e. The Morgan fingerprint density at radius 3 is 2.45 bits per heavy atom. The number of hydrogen-bond acceptors (Lipinski definition) is 10. The molecule has 4 saturated carbocycles. The lowest BCUT2D eigenvalue weighted by molar-refractivity contribution is -0.217. The van der Waals surface area contributed by atoms with Crippen LogP contribution < -0.4 is 5.32 Å². The third kappa shape index (κ3) is 5.36. The number of hydrogen-bond donors (Lipinski definition) is 7. The maximum absolute atomic E-state index is 13.4. The second kappa shape index (κ2) is 11.1. The van der Waals surface area contributed by atoms with Crippen molar-refractivity contribution >= 4 is 22.1 Å². The average molecular weight is 592 g/mol. The van der Waals surface area contributed by atoms with E-state index in [9.17, 15) is 43.5 Å². The summed E-state index contributed by atoms with van der Waals surface area (Å²) in [5.41, 5.74) is -2.82. The Bertz CT molecular complexity index is 1090. The number of nitrogens with one attached hydrogen (secondary N) is 1. The van der Waals surface area contributed by atoms with Crippen LogP contribution >= 0.6 is 0 Å². The lowest BCUT2D eigenvalue weighted by Gasteiger charge is -2.63. The molecule has 0 aromatic rings. The predicted octanol–water partition coefficient (Wildman–Crippen LogP) is -0.0455. The van der Waals surface area contributed by atoms with Crippen molar-refractivity contribution < 1.29 is 52.3 Å². The van der Waals surface area contributed by atoms with Gasteiger partial charge in [-0.1, -0.05) is 20.8 Å². The minimum atomic E-state index is -4.72. The zero-order valence-electron chi connectivity index (χ0n) is 23.4. The van der Waals surface area contributed by atoms with Crippen LogP contribution in [0.25, 0.3) is 0 Å². The number of Topliss-reactive ketones (excluding diaryl/α,β-unsaturated/α-hetero) is 1. The van der Waals surface area contributed by atoms with E-state index in [1.807, 2.05) is 20.8 Å². The Hall–Kier alpha value is -1.19. The number of rotatable bonds is 9. The van der Waals surface area contributed by atoms with E-state index in [4.69, 9.17) is 4.55 Å². The van der Waals surface area contributed by atoms with Crippen molar-refractivity contribution in [3.63, 3.8) is 0 Å². The molecule has 0 saturated heterocycles. The lowest BCUT2D eigenvalue weighted by Crippen LogP contribution is -2.67. The number of ketones is 1. The molecule has 13 heteroatoms. The number of carbonyl (C=O) groups is 2. The topological polar surface area (TPSA) is 211 Å². The van der Waals surface area contributed by atoms with Gasteiger partial charge in [-0.05, 0) is 67.1 Å². The average Bonchev–Trinajstić information content (AvgIpc) is 3.06. The van der Waals surface area contributed by atoms with Gasteiger partial charge in [0.05, 0.1) is 37.6 Å². The van der Waals surface area contributed by atoms with Crippen LogP contribution in [0.3, 0.4) is 0 Å². The Labute approximate surface area is 235 Å². The van der Waals surface area contributed by atoms with Gasteiger partial charge in [-0.2, -0.15) is 8.42 Å². The van der Waals surface area contributed by atoms with E-state index in [1.54, 1.807) is 0 Å². The van der Waals surface area contributed by atoms with Crippen molar-refractivity contribution in [2.24, 2.45) is 40.4 Å². The number of aliphatic hydroxyl groups excluding tert-OH is 4. The molecular weight excluding hydrogens is 546 g/mol. The van der Waals surface area contributed by atoms with Crippen molar-refractivity contribution in [2.75, 3.05) is 13.2 Å². The summed E-state index contributed by atoms with van der Waals surface area (Å²) in [6, 6.07) is -1.04. The summed E-state index contributed by atoms with van der Waals surface area (Å²) < 4.78 is 34.5. The molecule has 0 bridgehead atoms. The van der Waals surface area contributed by atoms with Crippen LogP contribution in [0.15, 0.2) is 0 Å². The summed E-state index contributed by atoms with van der Waals surface area (Å²) in [4.78, 5) is 26.0. The molecule has 0 spiro atoms. The van der Waals surface area contributed by atoms with Gasteiger partial charge in [0.1, 0.15) is 5.60 Å². The third-order valence-electron chi connectivity index (χ3n) is 11.2. The van der Waals surface area contributed by atoms with E-state index in [1.165, 1.54) is 0 Å². The van der Waals surface area contributed by atoms with E-state index in [-0.39, 0.29) is 54.6 Å². The summed E-state index contributed by atoms with van der Waals surface area (Å²) in [6.45, 7) is 4.67. The van der Waals surface area contributed by atoms with Gasteiger partial charge in [-0.15, -0.1) is 0 Å². The van der Waals surface area contributed by atoms with Crippen LogP contribution in [-0.4, -0.2) is 93.4 Å². The first-order chi connectivity index (χ1) is 18.5. The summed E-state index contributed by atoms with van der Waals surface area (Å²) in [5, 5.41) is 56.4. The predicted molar refractivity (Wildman–Crippen MR) is 141 cm³/mol. The number of amides is 1. The molecule has 0 aromatic carbocycles. The highest BCUT2D eigenvalue weighted by Crippen LogP contribution is 2.68. The van der Waals surface area contributed by atoms with Gasteiger partial charge in [-0.25, -0.2) is 4.18 Å². The fourth-order valence-corrected chi connectivity index (χ4v) is 9.62. The van der Waals surface area contributed by atoms with E-state index >= 15 is 0 Å². The van der Waals surface area contributed by atoms with Crippen LogP contribution in [0.4, 0.5) is 0 Å². The molecule has 0 radical (unpaired) electrons. The first-order valence-electron chi connectivity index (χ1n) is 14.3. The van der Waals surface area contributed by atoms with Gasteiger partial charge in [0.2, 0.25) is 5.91 Å². The zero-order chi connectivity index (χ0) is 29.8. The Kier molecular flexibility index (Phi) is 8.84. The fraction of sp³-hybridized carbons (Fsp3) is 0.926. The summed E-state index contributed by atoms with van der Waals surface area (Å²) in [6.07, 6.45) is 0.0440. The highest BCUT2D eigenvalue weighted by Gasteiger charge is 2.70. The highest BCUT2D eigenvalue weighted by atomic mass is 32.3. The summed E-state index contributed by atoms with van der Waals surface area (Å²) in [7, 11) is -4.72. The molecule has 0 aliphatic heterocycles.